The Morgan fingerprint density at radius 2 is 1.85 bits per heavy atom. The summed E-state index contributed by atoms with van der Waals surface area (Å²) in [6, 6.07) is 15.8. The van der Waals surface area contributed by atoms with Crippen LogP contribution in [-0.2, 0) is 26.5 Å². The lowest BCUT2D eigenvalue weighted by molar-refractivity contribution is -0.150. The highest BCUT2D eigenvalue weighted by molar-refractivity contribution is 6.72. The van der Waals surface area contributed by atoms with E-state index < -0.39 is 31.6 Å². The van der Waals surface area contributed by atoms with Gasteiger partial charge in [-0.1, -0.05) is 19.1 Å². The lowest BCUT2D eigenvalue weighted by Gasteiger charge is -2.31. The SMILES string of the molecule is COc1ccc2c(c1)[C@]1(O[C@@H](CC(=O)N3CCC[C@H]3CO)[C@H]([Si](C)(C)F)[C@H]1C)C(=O)N2Cc1ccc(-n2cccc(OC)c2=O)cc1. The minimum absolute atomic E-state index is 0.0642. The van der Waals surface area contributed by atoms with E-state index in [0.29, 0.717) is 29.2 Å². The number of rotatable bonds is 9. The number of carbonyl (C=O) groups is 2. The summed E-state index contributed by atoms with van der Waals surface area (Å²) in [5, 5.41) is 9.83. The van der Waals surface area contributed by atoms with Crippen LogP contribution in [0.3, 0.4) is 0 Å². The Morgan fingerprint density at radius 3 is 2.51 bits per heavy atom. The Kier molecular flexibility index (Phi) is 8.79. The van der Waals surface area contributed by atoms with E-state index in [1.807, 2.05) is 37.3 Å². The van der Waals surface area contributed by atoms with Gasteiger partial charge in [0.2, 0.25) is 14.3 Å². The Labute approximate surface area is 274 Å². The molecule has 1 N–H and O–H groups in total. The van der Waals surface area contributed by atoms with Crippen molar-refractivity contribution in [1.82, 2.24) is 9.47 Å². The second kappa shape index (κ2) is 12.5. The molecule has 1 spiro atoms. The van der Waals surface area contributed by atoms with Gasteiger partial charge in [0.25, 0.3) is 11.5 Å². The fraction of sp³-hybridized carbons (Fsp3) is 0.457. The van der Waals surface area contributed by atoms with Crippen molar-refractivity contribution in [2.45, 2.75) is 69.1 Å². The molecule has 0 bridgehead atoms. The van der Waals surface area contributed by atoms with Gasteiger partial charge in [-0.25, -0.2) is 0 Å². The van der Waals surface area contributed by atoms with Gasteiger partial charge in [-0.2, -0.15) is 0 Å². The smallest absolute Gasteiger partial charge is 0.297 e. The maximum absolute atomic E-state index is 16.3. The molecule has 12 heteroatoms. The zero-order valence-electron chi connectivity index (χ0n) is 27.4. The van der Waals surface area contributed by atoms with Gasteiger partial charge >= 0.3 is 0 Å². The minimum Gasteiger partial charge on any atom is -0.497 e. The van der Waals surface area contributed by atoms with Gasteiger partial charge in [0.1, 0.15) is 5.75 Å². The van der Waals surface area contributed by atoms with Gasteiger partial charge in [0.15, 0.2) is 11.4 Å². The fourth-order valence-corrected chi connectivity index (χ4v) is 10.4. The zero-order chi connectivity index (χ0) is 33.7. The highest BCUT2D eigenvalue weighted by Gasteiger charge is 2.67. The largest absolute Gasteiger partial charge is 0.497 e. The number of anilines is 1. The van der Waals surface area contributed by atoms with Crippen molar-refractivity contribution in [2.24, 2.45) is 5.92 Å². The average Bonchev–Trinajstić information content (AvgIpc) is 3.71. The highest BCUT2D eigenvalue weighted by Crippen LogP contribution is 2.60. The van der Waals surface area contributed by atoms with Gasteiger partial charge in [-0.15, -0.1) is 0 Å². The molecule has 4 heterocycles. The molecule has 3 aliphatic heterocycles. The van der Waals surface area contributed by atoms with Crippen LogP contribution >= 0.6 is 0 Å². The number of carbonyl (C=O) groups excluding carboxylic acids is 2. The highest BCUT2D eigenvalue weighted by atomic mass is 28.4. The van der Waals surface area contributed by atoms with Crippen molar-refractivity contribution in [3.8, 4) is 17.2 Å². The van der Waals surface area contributed by atoms with E-state index in [4.69, 9.17) is 14.2 Å². The number of hydrogen-bond acceptors (Lipinski definition) is 7. The van der Waals surface area contributed by atoms with E-state index in [0.717, 1.165) is 18.4 Å². The number of fused-ring (bicyclic) bond motifs is 2. The van der Waals surface area contributed by atoms with Crippen LogP contribution < -0.4 is 19.9 Å². The molecule has 0 unspecified atom stereocenters. The lowest BCUT2D eigenvalue weighted by Crippen LogP contribution is -2.45. The lowest BCUT2D eigenvalue weighted by atomic mass is 9.82. The monoisotopic (exact) mass is 663 g/mol. The molecular weight excluding hydrogens is 621 g/mol. The average molecular weight is 664 g/mol. The first-order valence-electron chi connectivity index (χ1n) is 16.1. The van der Waals surface area contributed by atoms with E-state index in [-0.39, 0.29) is 48.7 Å². The molecule has 2 amide bonds. The fourth-order valence-electron chi connectivity index (χ4n) is 7.93. The van der Waals surface area contributed by atoms with Crippen molar-refractivity contribution < 1.29 is 33.0 Å². The van der Waals surface area contributed by atoms with Gasteiger partial charge in [0, 0.05) is 35.5 Å². The maximum atomic E-state index is 16.3. The second-order valence-corrected chi connectivity index (χ2v) is 17.0. The molecule has 2 fully saturated rings. The summed E-state index contributed by atoms with van der Waals surface area (Å²) in [6.45, 7) is 5.71. The molecule has 0 saturated carbocycles. The summed E-state index contributed by atoms with van der Waals surface area (Å²) in [5.74, 6) is -0.299. The predicted octanol–water partition coefficient (Wildman–Crippen LogP) is 4.55. The molecule has 3 aromatic rings. The molecule has 2 saturated heterocycles. The molecule has 10 nitrogen and oxygen atoms in total. The van der Waals surface area contributed by atoms with E-state index in [9.17, 15) is 19.5 Å². The number of nitrogens with zero attached hydrogens (tertiary/aromatic N) is 3. The molecule has 3 aliphatic rings. The summed E-state index contributed by atoms with van der Waals surface area (Å²) < 4.78 is 35.2. The topological polar surface area (TPSA) is 111 Å². The van der Waals surface area contributed by atoms with Crippen LogP contribution in [0.5, 0.6) is 11.5 Å². The third-order valence-corrected chi connectivity index (χ3v) is 12.6. The second-order valence-electron chi connectivity index (χ2n) is 13.2. The van der Waals surface area contributed by atoms with Crippen LogP contribution in [0.1, 0.15) is 37.3 Å². The van der Waals surface area contributed by atoms with Gasteiger partial charge in [-0.3, -0.25) is 19.0 Å². The van der Waals surface area contributed by atoms with E-state index in [1.165, 1.54) is 11.7 Å². The number of hydrogen-bond donors (Lipinski definition) is 1. The van der Waals surface area contributed by atoms with Crippen LogP contribution in [0, 0.1) is 5.92 Å². The molecule has 5 atom stereocenters. The molecule has 47 heavy (non-hydrogen) atoms. The minimum atomic E-state index is -3.48. The van der Waals surface area contributed by atoms with E-state index >= 15 is 4.11 Å². The molecule has 0 radical (unpaired) electrons. The summed E-state index contributed by atoms with van der Waals surface area (Å²) in [6.07, 6.45) is 2.31. The quantitative estimate of drug-likeness (QED) is 0.264. The van der Waals surface area contributed by atoms with Crippen molar-refractivity contribution in [2.75, 3.05) is 32.3 Å². The van der Waals surface area contributed by atoms with Crippen molar-refractivity contribution in [3.63, 3.8) is 0 Å². The number of halogens is 1. The summed E-state index contributed by atoms with van der Waals surface area (Å²) in [7, 11) is -0.480. The Bertz CT molecular complexity index is 1730. The molecule has 1 aromatic heterocycles. The van der Waals surface area contributed by atoms with Crippen LogP contribution in [0.4, 0.5) is 9.80 Å². The molecule has 2 aromatic carbocycles. The Hall–Kier alpha value is -4.00. The number of pyridine rings is 1. The molecule has 6 rings (SSSR count). The molecule has 0 aliphatic carbocycles. The summed E-state index contributed by atoms with van der Waals surface area (Å²) in [5.41, 5.74) is 0.270. The first kappa shape index (κ1) is 32.9. The number of likely N-dealkylation sites (tertiary alicyclic amines) is 1. The first-order valence-corrected chi connectivity index (χ1v) is 19.0. The van der Waals surface area contributed by atoms with Crippen LogP contribution in [0.2, 0.25) is 18.6 Å². The van der Waals surface area contributed by atoms with Gasteiger partial charge < -0.3 is 33.2 Å². The van der Waals surface area contributed by atoms with Crippen LogP contribution in [0.25, 0.3) is 5.69 Å². The Morgan fingerprint density at radius 1 is 1.11 bits per heavy atom. The van der Waals surface area contributed by atoms with Crippen molar-refractivity contribution in [3.05, 3.63) is 82.3 Å². The van der Waals surface area contributed by atoms with Crippen LogP contribution in [-0.4, -0.2) is 74.3 Å². The molecular formula is C35H42FN3O7Si. The number of methoxy groups -OCH3 is 2. The number of aromatic nitrogens is 1. The molecule has 250 valence electrons. The Balaban J connectivity index is 1.35. The number of aliphatic hydroxyl groups excluding tert-OH is 1. The van der Waals surface area contributed by atoms with Crippen molar-refractivity contribution >= 4 is 25.9 Å². The zero-order valence-corrected chi connectivity index (χ0v) is 28.4. The summed E-state index contributed by atoms with van der Waals surface area (Å²) in [4.78, 5) is 44.4. The van der Waals surface area contributed by atoms with Crippen LogP contribution in [0.15, 0.2) is 65.6 Å². The maximum Gasteiger partial charge on any atom is 0.297 e. The predicted molar refractivity (Wildman–Crippen MR) is 177 cm³/mol. The number of aliphatic hydroxyl groups is 1. The van der Waals surface area contributed by atoms with Gasteiger partial charge in [-0.05, 0) is 74.0 Å². The first-order chi connectivity index (χ1) is 22.4. The van der Waals surface area contributed by atoms with E-state index in [1.54, 1.807) is 60.5 Å². The summed E-state index contributed by atoms with van der Waals surface area (Å²) >= 11 is 0. The van der Waals surface area contributed by atoms with Crippen molar-refractivity contribution in [1.29, 1.82) is 0 Å². The number of ether oxygens (including phenoxy) is 3. The van der Waals surface area contributed by atoms with E-state index in [2.05, 4.69) is 0 Å². The standard InChI is InChI=1S/C35H42FN3O7Si/c1-22-32(47(4,5)36)30(19-31(41)37-16-6-8-25(37)21-40)46-35(22)27-18-26(44-2)14-15-28(27)39(34(35)43)20-23-10-12-24(13-11-23)38-17-7-9-29(45-3)33(38)42/h7,9-15,17-18,22,25,30,32,40H,6,8,16,19-21H2,1-5H3/t22-,25+,30+,32-,35+/m1/s1. The third-order valence-electron chi connectivity index (χ3n) is 10.1. The third kappa shape index (κ3) is 5.55. The van der Waals surface area contributed by atoms with Gasteiger partial charge in [0.05, 0.1) is 51.6 Å². The number of amides is 2. The normalized spacial score (nSPS) is 25.5. The number of benzene rings is 2.